The lowest BCUT2D eigenvalue weighted by Gasteiger charge is -2.27. The van der Waals surface area contributed by atoms with Crippen molar-refractivity contribution in [3.8, 4) is 0 Å². The minimum atomic E-state index is -3.65. The number of morpholine rings is 1. The van der Waals surface area contributed by atoms with Crippen LogP contribution in [0.15, 0.2) is 29.2 Å². The lowest BCUT2D eigenvalue weighted by molar-refractivity contribution is -0.152. The number of rotatable bonds is 9. The molecule has 1 N–H and O–H groups in total. The summed E-state index contributed by atoms with van der Waals surface area (Å²) in [7, 11) is -3.65. The number of sulfonamides is 1. The fourth-order valence-corrected chi connectivity index (χ4v) is 5.76. The normalized spacial score (nSPS) is 22.3. The zero-order chi connectivity index (χ0) is 23.0. The van der Waals surface area contributed by atoms with Crippen LogP contribution in [-0.2, 0) is 29.1 Å². The van der Waals surface area contributed by atoms with E-state index in [1.165, 1.54) is 35.7 Å². The predicted molar refractivity (Wildman–Crippen MR) is 121 cm³/mol. The van der Waals surface area contributed by atoms with Gasteiger partial charge in [0.15, 0.2) is 6.61 Å². The summed E-state index contributed by atoms with van der Waals surface area (Å²) in [5.41, 5.74) is 0.344. The molecule has 0 atom stereocenters. The van der Waals surface area contributed by atoms with Crippen molar-refractivity contribution >= 4 is 27.6 Å². The SMILES string of the molecule is CCCCC1CCC(C(=O)OCC(=O)Nc2cccc(S(=O)(=O)N3CCOCC3)c2)CC1. The number of amides is 1. The van der Waals surface area contributed by atoms with Gasteiger partial charge in [-0.25, -0.2) is 8.42 Å². The fourth-order valence-electron chi connectivity index (χ4n) is 4.30. The van der Waals surface area contributed by atoms with Crippen molar-refractivity contribution in [1.29, 1.82) is 0 Å². The maximum absolute atomic E-state index is 12.8. The number of benzene rings is 1. The first-order chi connectivity index (χ1) is 15.4. The van der Waals surface area contributed by atoms with Gasteiger partial charge < -0.3 is 14.8 Å². The maximum Gasteiger partial charge on any atom is 0.309 e. The lowest BCUT2D eigenvalue weighted by atomic mass is 9.80. The number of ether oxygens (including phenoxy) is 2. The van der Waals surface area contributed by atoms with Crippen LogP contribution in [0.25, 0.3) is 0 Å². The van der Waals surface area contributed by atoms with Gasteiger partial charge in [0.2, 0.25) is 10.0 Å². The molecule has 0 bridgehead atoms. The van der Waals surface area contributed by atoms with Crippen LogP contribution < -0.4 is 5.32 Å². The first kappa shape index (κ1) is 24.7. The van der Waals surface area contributed by atoms with Crippen molar-refractivity contribution < 1.29 is 27.5 Å². The van der Waals surface area contributed by atoms with Gasteiger partial charge in [-0.05, 0) is 49.8 Å². The molecule has 2 aliphatic rings. The molecule has 1 aliphatic heterocycles. The van der Waals surface area contributed by atoms with Crippen molar-refractivity contribution in [2.45, 2.75) is 56.8 Å². The van der Waals surface area contributed by atoms with E-state index in [-0.39, 0.29) is 23.4 Å². The molecule has 0 radical (unpaired) electrons. The fraction of sp³-hybridized carbons (Fsp3) is 0.652. The van der Waals surface area contributed by atoms with Crippen LogP contribution in [0.3, 0.4) is 0 Å². The van der Waals surface area contributed by atoms with Crippen molar-refractivity contribution in [2.75, 3.05) is 38.2 Å². The van der Waals surface area contributed by atoms with Crippen molar-refractivity contribution in [2.24, 2.45) is 11.8 Å². The molecule has 0 spiro atoms. The minimum Gasteiger partial charge on any atom is -0.455 e. The summed E-state index contributed by atoms with van der Waals surface area (Å²) in [5.74, 6) is -0.250. The van der Waals surface area contributed by atoms with Gasteiger partial charge in [-0.15, -0.1) is 0 Å². The van der Waals surface area contributed by atoms with Gasteiger partial charge in [0, 0.05) is 18.8 Å². The maximum atomic E-state index is 12.8. The molecular weight excluding hydrogens is 432 g/mol. The predicted octanol–water partition coefficient (Wildman–Crippen LogP) is 3.19. The van der Waals surface area contributed by atoms with E-state index in [1.54, 1.807) is 12.1 Å². The van der Waals surface area contributed by atoms with Crippen molar-refractivity contribution in [1.82, 2.24) is 4.31 Å². The zero-order valence-electron chi connectivity index (χ0n) is 18.8. The molecule has 178 valence electrons. The third-order valence-corrected chi connectivity index (χ3v) is 8.11. The molecule has 1 aromatic carbocycles. The number of esters is 1. The molecule has 1 heterocycles. The lowest BCUT2D eigenvalue weighted by Crippen LogP contribution is -2.40. The van der Waals surface area contributed by atoms with Gasteiger partial charge in [-0.3, -0.25) is 9.59 Å². The Labute approximate surface area is 190 Å². The number of hydrogen-bond acceptors (Lipinski definition) is 6. The van der Waals surface area contributed by atoms with Gasteiger partial charge >= 0.3 is 5.97 Å². The highest BCUT2D eigenvalue weighted by atomic mass is 32.2. The Morgan fingerprint density at radius 3 is 2.56 bits per heavy atom. The topological polar surface area (TPSA) is 102 Å². The molecule has 9 heteroatoms. The number of nitrogens with zero attached hydrogens (tertiary/aromatic N) is 1. The molecule has 1 saturated carbocycles. The molecule has 1 aliphatic carbocycles. The minimum absolute atomic E-state index is 0.106. The smallest absolute Gasteiger partial charge is 0.309 e. The molecule has 1 saturated heterocycles. The van der Waals surface area contributed by atoms with Crippen LogP contribution in [0, 0.1) is 11.8 Å². The monoisotopic (exact) mass is 466 g/mol. The molecule has 8 nitrogen and oxygen atoms in total. The second-order valence-electron chi connectivity index (χ2n) is 8.56. The second-order valence-corrected chi connectivity index (χ2v) is 10.5. The highest BCUT2D eigenvalue weighted by molar-refractivity contribution is 7.89. The summed E-state index contributed by atoms with van der Waals surface area (Å²) in [6.45, 7) is 3.13. The molecular formula is C23H34N2O6S. The highest BCUT2D eigenvalue weighted by Crippen LogP contribution is 2.32. The summed E-state index contributed by atoms with van der Waals surface area (Å²) >= 11 is 0. The van der Waals surface area contributed by atoms with E-state index < -0.39 is 15.9 Å². The standard InChI is InChI=1S/C23H34N2O6S/c1-2-3-5-18-8-10-19(11-9-18)23(27)31-17-22(26)24-20-6-4-7-21(16-20)32(28,29)25-12-14-30-15-13-25/h4,6-7,16,18-19H,2-3,5,8-15,17H2,1H3,(H,24,26). The van der Waals surface area contributed by atoms with E-state index in [2.05, 4.69) is 12.2 Å². The summed E-state index contributed by atoms with van der Waals surface area (Å²) in [5, 5.41) is 2.62. The molecule has 2 fully saturated rings. The molecule has 3 rings (SSSR count). The highest BCUT2D eigenvalue weighted by Gasteiger charge is 2.28. The number of nitrogens with one attached hydrogen (secondary N) is 1. The van der Waals surface area contributed by atoms with Gasteiger partial charge in [0.05, 0.1) is 24.0 Å². The Balaban J connectivity index is 1.47. The number of unbranched alkanes of at least 4 members (excludes halogenated alkanes) is 1. The average molecular weight is 467 g/mol. The Bertz CT molecular complexity index is 874. The van der Waals surface area contributed by atoms with Gasteiger partial charge in [-0.2, -0.15) is 4.31 Å². The number of carbonyl (C=O) groups is 2. The van der Waals surface area contributed by atoms with Gasteiger partial charge in [0.1, 0.15) is 0 Å². The van der Waals surface area contributed by atoms with E-state index >= 15 is 0 Å². The summed E-state index contributed by atoms with van der Waals surface area (Å²) < 4.78 is 37.4. The quantitative estimate of drug-likeness (QED) is 0.561. The Kier molecular flexibility index (Phi) is 9.07. The number of carbonyl (C=O) groups excluding carboxylic acids is 2. The second kappa shape index (κ2) is 11.8. The van der Waals surface area contributed by atoms with Crippen LogP contribution >= 0.6 is 0 Å². The number of hydrogen-bond donors (Lipinski definition) is 1. The Morgan fingerprint density at radius 2 is 1.88 bits per heavy atom. The van der Waals surface area contributed by atoms with Crippen molar-refractivity contribution in [3.05, 3.63) is 24.3 Å². The largest absolute Gasteiger partial charge is 0.455 e. The molecule has 0 aromatic heterocycles. The summed E-state index contributed by atoms with van der Waals surface area (Å²) in [6, 6.07) is 6.10. The van der Waals surface area contributed by atoms with E-state index in [4.69, 9.17) is 9.47 Å². The van der Waals surface area contributed by atoms with E-state index in [0.717, 1.165) is 25.7 Å². The zero-order valence-corrected chi connectivity index (χ0v) is 19.6. The van der Waals surface area contributed by atoms with Crippen LogP contribution in [0.4, 0.5) is 5.69 Å². The first-order valence-corrected chi connectivity index (χ1v) is 13.0. The first-order valence-electron chi connectivity index (χ1n) is 11.5. The van der Waals surface area contributed by atoms with Gasteiger partial charge in [0.25, 0.3) is 5.91 Å². The van der Waals surface area contributed by atoms with Crippen molar-refractivity contribution in [3.63, 3.8) is 0 Å². The molecule has 32 heavy (non-hydrogen) atoms. The van der Waals surface area contributed by atoms with E-state index in [0.29, 0.717) is 37.9 Å². The molecule has 0 unspecified atom stereocenters. The van der Waals surface area contributed by atoms with Crippen LogP contribution in [-0.4, -0.2) is 57.5 Å². The third kappa shape index (κ3) is 6.76. The Morgan fingerprint density at radius 1 is 1.16 bits per heavy atom. The summed E-state index contributed by atoms with van der Waals surface area (Å²) in [6.07, 6.45) is 7.36. The Hall–Kier alpha value is -1.97. The van der Waals surface area contributed by atoms with Gasteiger partial charge in [-0.1, -0.05) is 32.3 Å². The van der Waals surface area contributed by atoms with Crippen LogP contribution in [0.2, 0.25) is 0 Å². The van der Waals surface area contributed by atoms with E-state index in [1.807, 2.05) is 0 Å². The summed E-state index contributed by atoms with van der Waals surface area (Å²) in [4.78, 5) is 24.7. The number of anilines is 1. The average Bonchev–Trinajstić information content (AvgIpc) is 2.82. The van der Waals surface area contributed by atoms with Crippen LogP contribution in [0.1, 0.15) is 51.9 Å². The molecule has 1 amide bonds. The van der Waals surface area contributed by atoms with E-state index in [9.17, 15) is 18.0 Å². The third-order valence-electron chi connectivity index (χ3n) is 6.22. The van der Waals surface area contributed by atoms with Crippen LogP contribution in [0.5, 0.6) is 0 Å². The molecule has 1 aromatic rings.